The quantitative estimate of drug-likeness (QED) is 0.596. The van der Waals surface area contributed by atoms with Gasteiger partial charge in [0.1, 0.15) is 0 Å². The Balaban J connectivity index is 3.19. The SMILES string of the molecule is CCSCCNCC(C)(C)CO. The van der Waals surface area contributed by atoms with Crippen LogP contribution in [0.5, 0.6) is 0 Å². The molecule has 0 spiro atoms. The predicted octanol–water partition coefficient (Wildman–Crippen LogP) is 1.35. The van der Waals surface area contributed by atoms with E-state index in [9.17, 15) is 0 Å². The highest BCUT2D eigenvalue weighted by molar-refractivity contribution is 7.99. The molecule has 0 saturated carbocycles. The van der Waals surface area contributed by atoms with Crippen LogP contribution in [0.15, 0.2) is 0 Å². The zero-order chi connectivity index (χ0) is 9.45. The van der Waals surface area contributed by atoms with Crippen molar-refractivity contribution in [3.05, 3.63) is 0 Å². The lowest BCUT2D eigenvalue weighted by Crippen LogP contribution is -2.33. The molecule has 0 bridgehead atoms. The van der Waals surface area contributed by atoms with Crippen molar-refractivity contribution in [2.45, 2.75) is 20.8 Å². The van der Waals surface area contributed by atoms with Crippen LogP contribution in [0.4, 0.5) is 0 Å². The summed E-state index contributed by atoms with van der Waals surface area (Å²) in [5.41, 5.74) is 0.0247. The van der Waals surface area contributed by atoms with E-state index in [-0.39, 0.29) is 12.0 Å². The molecule has 0 aliphatic carbocycles. The highest BCUT2D eigenvalue weighted by Gasteiger charge is 2.14. The third kappa shape index (κ3) is 6.95. The van der Waals surface area contributed by atoms with E-state index in [1.807, 2.05) is 11.8 Å². The Bertz CT molecular complexity index is 107. The van der Waals surface area contributed by atoms with Crippen molar-refractivity contribution in [2.75, 3.05) is 31.2 Å². The molecule has 12 heavy (non-hydrogen) atoms. The van der Waals surface area contributed by atoms with Crippen LogP contribution < -0.4 is 5.32 Å². The highest BCUT2D eigenvalue weighted by Crippen LogP contribution is 2.10. The first kappa shape index (κ1) is 12.3. The zero-order valence-corrected chi connectivity index (χ0v) is 9.21. The third-order valence-corrected chi connectivity index (χ3v) is 2.56. The zero-order valence-electron chi connectivity index (χ0n) is 8.39. The summed E-state index contributed by atoms with van der Waals surface area (Å²) in [4.78, 5) is 0. The van der Waals surface area contributed by atoms with Crippen LogP contribution in [0.2, 0.25) is 0 Å². The minimum absolute atomic E-state index is 0.0247. The molecule has 0 saturated heterocycles. The number of nitrogens with one attached hydrogen (secondary N) is 1. The second kappa shape index (κ2) is 6.75. The van der Waals surface area contributed by atoms with Crippen LogP contribution in [0.3, 0.4) is 0 Å². The molecule has 0 radical (unpaired) electrons. The highest BCUT2D eigenvalue weighted by atomic mass is 32.2. The lowest BCUT2D eigenvalue weighted by atomic mass is 9.95. The Hall–Kier alpha value is 0.270. The van der Waals surface area contributed by atoms with Gasteiger partial charge in [-0.15, -0.1) is 0 Å². The monoisotopic (exact) mass is 191 g/mol. The molecule has 2 nitrogen and oxygen atoms in total. The first-order valence-electron chi connectivity index (χ1n) is 4.51. The predicted molar refractivity (Wildman–Crippen MR) is 56.7 cm³/mol. The first-order chi connectivity index (χ1) is 5.62. The van der Waals surface area contributed by atoms with E-state index in [2.05, 4.69) is 26.1 Å². The molecular weight excluding hydrogens is 170 g/mol. The Labute approximate surface area is 80.1 Å². The van der Waals surface area contributed by atoms with Gasteiger partial charge in [0.15, 0.2) is 0 Å². The second-order valence-corrected chi connectivity index (χ2v) is 5.09. The van der Waals surface area contributed by atoms with Gasteiger partial charge in [0, 0.05) is 30.9 Å². The summed E-state index contributed by atoms with van der Waals surface area (Å²) in [5.74, 6) is 2.35. The Morgan fingerprint density at radius 3 is 2.58 bits per heavy atom. The van der Waals surface area contributed by atoms with Crippen molar-refractivity contribution in [2.24, 2.45) is 5.41 Å². The van der Waals surface area contributed by atoms with Crippen molar-refractivity contribution >= 4 is 11.8 Å². The molecular formula is C9H21NOS. The molecule has 0 unspecified atom stereocenters. The molecule has 74 valence electrons. The topological polar surface area (TPSA) is 32.3 Å². The van der Waals surface area contributed by atoms with E-state index in [4.69, 9.17) is 5.11 Å². The van der Waals surface area contributed by atoms with Crippen molar-refractivity contribution in [3.8, 4) is 0 Å². The number of rotatable bonds is 7. The minimum atomic E-state index is 0.0247. The number of aliphatic hydroxyl groups excluding tert-OH is 1. The van der Waals surface area contributed by atoms with Crippen molar-refractivity contribution in [3.63, 3.8) is 0 Å². The largest absolute Gasteiger partial charge is 0.396 e. The molecule has 0 heterocycles. The average Bonchev–Trinajstić information content (AvgIpc) is 2.04. The second-order valence-electron chi connectivity index (χ2n) is 3.70. The minimum Gasteiger partial charge on any atom is -0.396 e. The molecule has 0 aromatic rings. The molecule has 0 amide bonds. The smallest absolute Gasteiger partial charge is 0.0494 e. The fourth-order valence-electron chi connectivity index (χ4n) is 0.771. The van der Waals surface area contributed by atoms with Gasteiger partial charge < -0.3 is 10.4 Å². The van der Waals surface area contributed by atoms with Gasteiger partial charge in [-0.05, 0) is 5.75 Å². The number of aliphatic hydroxyl groups is 1. The molecule has 0 rings (SSSR count). The van der Waals surface area contributed by atoms with Gasteiger partial charge >= 0.3 is 0 Å². The summed E-state index contributed by atoms with van der Waals surface area (Å²) in [6, 6.07) is 0. The summed E-state index contributed by atoms with van der Waals surface area (Å²) in [6.45, 7) is 8.49. The summed E-state index contributed by atoms with van der Waals surface area (Å²) in [6.07, 6.45) is 0. The van der Waals surface area contributed by atoms with Gasteiger partial charge in [0.25, 0.3) is 0 Å². The summed E-state index contributed by atoms with van der Waals surface area (Å²) < 4.78 is 0. The van der Waals surface area contributed by atoms with E-state index in [1.54, 1.807) is 0 Å². The van der Waals surface area contributed by atoms with Crippen molar-refractivity contribution in [1.29, 1.82) is 0 Å². The van der Waals surface area contributed by atoms with Crippen LogP contribution in [0.1, 0.15) is 20.8 Å². The lowest BCUT2D eigenvalue weighted by Gasteiger charge is -2.21. The van der Waals surface area contributed by atoms with Gasteiger partial charge in [-0.1, -0.05) is 20.8 Å². The maximum absolute atomic E-state index is 8.95. The lowest BCUT2D eigenvalue weighted by molar-refractivity contribution is 0.158. The van der Waals surface area contributed by atoms with Crippen LogP contribution in [-0.4, -0.2) is 36.3 Å². The maximum atomic E-state index is 8.95. The first-order valence-corrected chi connectivity index (χ1v) is 5.67. The van der Waals surface area contributed by atoms with Gasteiger partial charge in [0.05, 0.1) is 0 Å². The number of hydrogen-bond acceptors (Lipinski definition) is 3. The van der Waals surface area contributed by atoms with Crippen molar-refractivity contribution in [1.82, 2.24) is 5.32 Å². The number of thioether (sulfide) groups is 1. The van der Waals surface area contributed by atoms with Gasteiger partial charge in [-0.3, -0.25) is 0 Å². The molecule has 0 aromatic carbocycles. The Morgan fingerprint density at radius 2 is 2.08 bits per heavy atom. The van der Waals surface area contributed by atoms with E-state index in [0.29, 0.717) is 0 Å². The third-order valence-electron chi connectivity index (χ3n) is 1.66. The summed E-state index contributed by atoms with van der Waals surface area (Å²) in [5, 5.41) is 12.3. The fraction of sp³-hybridized carbons (Fsp3) is 1.00. The fourth-order valence-corrected chi connectivity index (χ4v) is 1.35. The van der Waals surface area contributed by atoms with Crippen LogP contribution in [0, 0.1) is 5.41 Å². The van der Waals surface area contributed by atoms with Gasteiger partial charge in [-0.25, -0.2) is 0 Å². The number of hydrogen-bond donors (Lipinski definition) is 2. The van der Waals surface area contributed by atoms with Gasteiger partial charge in [0.2, 0.25) is 0 Å². The van der Waals surface area contributed by atoms with Crippen LogP contribution in [-0.2, 0) is 0 Å². The molecule has 0 aromatic heterocycles. The molecule has 0 fully saturated rings. The van der Waals surface area contributed by atoms with Crippen LogP contribution >= 0.6 is 11.8 Å². The molecule has 0 aliphatic heterocycles. The van der Waals surface area contributed by atoms with E-state index in [0.717, 1.165) is 18.8 Å². The normalized spacial score (nSPS) is 12.0. The molecule has 0 atom stereocenters. The van der Waals surface area contributed by atoms with Gasteiger partial charge in [-0.2, -0.15) is 11.8 Å². The average molecular weight is 191 g/mol. The Kier molecular flexibility index (Phi) is 6.90. The van der Waals surface area contributed by atoms with Crippen molar-refractivity contribution < 1.29 is 5.11 Å². The van der Waals surface area contributed by atoms with E-state index < -0.39 is 0 Å². The maximum Gasteiger partial charge on any atom is 0.0494 e. The molecule has 3 heteroatoms. The summed E-state index contributed by atoms with van der Waals surface area (Å²) >= 11 is 1.94. The Morgan fingerprint density at radius 1 is 1.42 bits per heavy atom. The van der Waals surface area contributed by atoms with Crippen LogP contribution in [0.25, 0.3) is 0 Å². The van der Waals surface area contributed by atoms with E-state index >= 15 is 0 Å². The van der Waals surface area contributed by atoms with E-state index in [1.165, 1.54) is 5.75 Å². The molecule has 0 aliphatic rings. The standard InChI is InChI=1S/C9H21NOS/c1-4-12-6-5-10-7-9(2,3)8-11/h10-11H,4-8H2,1-3H3. The molecule has 2 N–H and O–H groups in total. The summed E-state index contributed by atoms with van der Waals surface area (Å²) in [7, 11) is 0.